The lowest BCUT2D eigenvalue weighted by atomic mass is 10.1. The zero-order valence-corrected chi connectivity index (χ0v) is 12.2. The Kier molecular flexibility index (Phi) is 4.69. The van der Waals surface area contributed by atoms with Gasteiger partial charge in [0, 0.05) is 11.6 Å². The van der Waals surface area contributed by atoms with Crippen LogP contribution in [-0.4, -0.2) is 22.4 Å². The molecule has 2 aromatic rings. The van der Waals surface area contributed by atoms with Crippen LogP contribution in [0.2, 0.25) is 5.02 Å². The summed E-state index contributed by atoms with van der Waals surface area (Å²) in [4.78, 5) is 20.2. The summed E-state index contributed by atoms with van der Waals surface area (Å²) in [5.74, 6) is -0.130. The molecule has 0 aliphatic rings. The molecule has 0 saturated carbocycles. The van der Waals surface area contributed by atoms with Crippen LogP contribution in [0.4, 0.5) is 0 Å². The van der Waals surface area contributed by atoms with Gasteiger partial charge in [0.05, 0.1) is 17.0 Å². The van der Waals surface area contributed by atoms with Gasteiger partial charge in [0.15, 0.2) is 0 Å². The van der Waals surface area contributed by atoms with E-state index in [-0.39, 0.29) is 5.91 Å². The summed E-state index contributed by atoms with van der Waals surface area (Å²) >= 11 is 5.83. The van der Waals surface area contributed by atoms with Crippen LogP contribution in [0.5, 0.6) is 0 Å². The fraction of sp³-hybridized carbons (Fsp3) is 0.267. The zero-order chi connectivity index (χ0) is 14.5. The first-order valence-electron chi connectivity index (χ1n) is 6.39. The number of hydrogen-bond donors (Lipinski definition) is 1. The molecule has 0 bridgehead atoms. The number of carbonyl (C=O) groups is 1. The van der Waals surface area contributed by atoms with Crippen molar-refractivity contribution in [2.45, 2.75) is 20.3 Å². The van der Waals surface area contributed by atoms with Gasteiger partial charge in [-0.05, 0) is 38.0 Å². The van der Waals surface area contributed by atoms with Crippen LogP contribution in [0.3, 0.4) is 0 Å². The first-order chi connectivity index (χ1) is 9.58. The van der Waals surface area contributed by atoms with Crippen molar-refractivity contribution in [1.82, 2.24) is 15.3 Å². The molecule has 1 aromatic heterocycles. The summed E-state index contributed by atoms with van der Waals surface area (Å²) in [5, 5.41) is 3.61. The zero-order valence-electron chi connectivity index (χ0n) is 11.5. The number of benzene rings is 1. The molecule has 0 aliphatic heterocycles. The third-order valence-corrected chi connectivity index (χ3v) is 3.32. The van der Waals surface area contributed by atoms with Crippen LogP contribution in [0.25, 0.3) is 0 Å². The second-order valence-corrected chi connectivity index (χ2v) is 4.99. The van der Waals surface area contributed by atoms with Crippen molar-refractivity contribution < 1.29 is 4.79 Å². The normalized spacial score (nSPS) is 10.3. The Morgan fingerprint density at radius 1 is 1.15 bits per heavy atom. The second-order valence-electron chi connectivity index (χ2n) is 4.55. The predicted octanol–water partition coefficient (Wildman–Crippen LogP) is 2.72. The highest BCUT2D eigenvalue weighted by atomic mass is 35.5. The van der Waals surface area contributed by atoms with E-state index in [2.05, 4.69) is 15.3 Å². The van der Waals surface area contributed by atoms with Gasteiger partial charge in [-0.15, -0.1) is 0 Å². The summed E-state index contributed by atoms with van der Waals surface area (Å²) in [5.41, 5.74) is 3.08. The number of aryl methyl sites for hydroxylation is 2. The Morgan fingerprint density at radius 2 is 1.75 bits per heavy atom. The standard InChI is InChI=1S/C15H16ClN3O/c1-10-14(11(2)19-9-18-10)15(20)17-8-7-12-3-5-13(16)6-4-12/h3-6,9H,7-8H2,1-2H3,(H,17,20). The molecular formula is C15H16ClN3O. The minimum atomic E-state index is -0.130. The van der Waals surface area contributed by atoms with Gasteiger partial charge in [0.2, 0.25) is 0 Å². The average molecular weight is 290 g/mol. The lowest BCUT2D eigenvalue weighted by molar-refractivity contribution is 0.0952. The Morgan fingerprint density at radius 3 is 2.35 bits per heavy atom. The molecule has 0 fully saturated rings. The number of halogens is 1. The maximum atomic E-state index is 12.1. The minimum absolute atomic E-state index is 0.130. The van der Waals surface area contributed by atoms with Gasteiger partial charge in [0.1, 0.15) is 6.33 Å². The topological polar surface area (TPSA) is 54.9 Å². The molecule has 1 heterocycles. The van der Waals surface area contributed by atoms with Crippen molar-refractivity contribution >= 4 is 17.5 Å². The number of nitrogens with one attached hydrogen (secondary N) is 1. The van der Waals surface area contributed by atoms with E-state index in [1.165, 1.54) is 6.33 Å². The van der Waals surface area contributed by atoms with E-state index in [1.807, 2.05) is 38.1 Å². The van der Waals surface area contributed by atoms with Gasteiger partial charge in [-0.3, -0.25) is 4.79 Å². The molecule has 0 aliphatic carbocycles. The van der Waals surface area contributed by atoms with E-state index in [0.29, 0.717) is 28.5 Å². The number of nitrogens with zero attached hydrogens (tertiary/aromatic N) is 2. The monoisotopic (exact) mass is 289 g/mol. The highest BCUT2D eigenvalue weighted by molar-refractivity contribution is 6.30. The molecule has 104 valence electrons. The summed E-state index contributed by atoms with van der Waals surface area (Å²) in [6.07, 6.45) is 2.23. The van der Waals surface area contributed by atoms with E-state index in [9.17, 15) is 4.79 Å². The van der Waals surface area contributed by atoms with Gasteiger partial charge in [-0.25, -0.2) is 9.97 Å². The van der Waals surface area contributed by atoms with E-state index >= 15 is 0 Å². The van der Waals surface area contributed by atoms with Crippen molar-refractivity contribution in [2.24, 2.45) is 0 Å². The van der Waals surface area contributed by atoms with Crippen molar-refractivity contribution in [2.75, 3.05) is 6.54 Å². The Balaban J connectivity index is 1.94. The van der Waals surface area contributed by atoms with E-state index < -0.39 is 0 Å². The summed E-state index contributed by atoms with van der Waals surface area (Å²) in [7, 11) is 0. The van der Waals surface area contributed by atoms with Crippen LogP contribution in [-0.2, 0) is 6.42 Å². The Labute approximate surface area is 123 Å². The fourth-order valence-corrected chi connectivity index (χ4v) is 2.11. The highest BCUT2D eigenvalue weighted by Crippen LogP contribution is 2.10. The molecule has 0 saturated heterocycles. The number of carbonyl (C=O) groups excluding carboxylic acids is 1. The van der Waals surface area contributed by atoms with Gasteiger partial charge in [0.25, 0.3) is 5.91 Å². The SMILES string of the molecule is Cc1ncnc(C)c1C(=O)NCCc1ccc(Cl)cc1. The number of aromatic nitrogens is 2. The third-order valence-electron chi connectivity index (χ3n) is 3.07. The first-order valence-corrected chi connectivity index (χ1v) is 6.76. The van der Waals surface area contributed by atoms with Gasteiger partial charge in [-0.2, -0.15) is 0 Å². The van der Waals surface area contributed by atoms with E-state index in [1.54, 1.807) is 0 Å². The van der Waals surface area contributed by atoms with Gasteiger partial charge < -0.3 is 5.32 Å². The quantitative estimate of drug-likeness (QED) is 0.941. The summed E-state index contributed by atoms with van der Waals surface area (Å²) < 4.78 is 0. The van der Waals surface area contributed by atoms with Gasteiger partial charge >= 0.3 is 0 Å². The number of rotatable bonds is 4. The molecule has 0 atom stereocenters. The third kappa shape index (κ3) is 3.54. The average Bonchev–Trinajstić information content (AvgIpc) is 2.41. The molecule has 2 rings (SSSR count). The lowest BCUT2D eigenvalue weighted by Gasteiger charge is -2.09. The first kappa shape index (κ1) is 14.5. The highest BCUT2D eigenvalue weighted by Gasteiger charge is 2.13. The molecular weight excluding hydrogens is 274 g/mol. The molecule has 4 nitrogen and oxygen atoms in total. The van der Waals surface area contributed by atoms with Crippen LogP contribution in [0, 0.1) is 13.8 Å². The smallest absolute Gasteiger partial charge is 0.254 e. The summed E-state index contributed by atoms with van der Waals surface area (Å²) in [6.45, 7) is 4.18. The van der Waals surface area contributed by atoms with E-state index in [4.69, 9.17) is 11.6 Å². The molecule has 5 heteroatoms. The summed E-state index contributed by atoms with van der Waals surface area (Å²) in [6, 6.07) is 7.60. The van der Waals surface area contributed by atoms with E-state index in [0.717, 1.165) is 12.0 Å². The Bertz CT molecular complexity index is 591. The molecule has 20 heavy (non-hydrogen) atoms. The second kappa shape index (κ2) is 6.48. The molecule has 1 N–H and O–H groups in total. The number of amides is 1. The Hall–Kier alpha value is -1.94. The van der Waals surface area contributed by atoms with Crippen LogP contribution in [0.15, 0.2) is 30.6 Å². The molecule has 0 unspecified atom stereocenters. The lowest BCUT2D eigenvalue weighted by Crippen LogP contribution is -2.27. The minimum Gasteiger partial charge on any atom is -0.352 e. The van der Waals surface area contributed by atoms with Crippen LogP contribution < -0.4 is 5.32 Å². The van der Waals surface area contributed by atoms with Crippen LogP contribution in [0.1, 0.15) is 27.3 Å². The van der Waals surface area contributed by atoms with Crippen LogP contribution >= 0.6 is 11.6 Å². The molecule has 1 aromatic carbocycles. The predicted molar refractivity (Wildman–Crippen MR) is 79.0 cm³/mol. The maximum absolute atomic E-state index is 12.1. The molecule has 1 amide bonds. The van der Waals surface area contributed by atoms with Crippen molar-refractivity contribution in [3.05, 3.63) is 58.1 Å². The molecule has 0 radical (unpaired) electrons. The van der Waals surface area contributed by atoms with Gasteiger partial charge in [-0.1, -0.05) is 23.7 Å². The van der Waals surface area contributed by atoms with Crippen molar-refractivity contribution in [1.29, 1.82) is 0 Å². The maximum Gasteiger partial charge on any atom is 0.254 e. The fourth-order valence-electron chi connectivity index (χ4n) is 1.98. The largest absolute Gasteiger partial charge is 0.352 e. The van der Waals surface area contributed by atoms with Crippen molar-refractivity contribution in [3.63, 3.8) is 0 Å². The molecule has 0 spiro atoms. The number of hydrogen-bond acceptors (Lipinski definition) is 3. The van der Waals surface area contributed by atoms with Crippen molar-refractivity contribution in [3.8, 4) is 0 Å².